The molecule has 2 nitrogen and oxygen atoms in total. The maximum Gasteiger partial charge on any atom is 0.416 e. The molecule has 0 saturated carbocycles. The van der Waals surface area contributed by atoms with Gasteiger partial charge in [0.25, 0.3) is 0 Å². The van der Waals surface area contributed by atoms with E-state index in [-0.39, 0.29) is 17.1 Å². The standard InChI is InChI=1S/C23H12F6N2/c24-17-8-3-13(4-9-17)20-12-21(15-5-10-18(25)19(26)11-15)31-22(30-20)14-1-6-16(7-2-14)23(27,28)29/h1-12H. The Morgan fingerprint density at radius 3 is 1.68 bits per heavy atom. The first kappa shape index (κ1) is 20.6. The van der Waals surface area contributed by atoms with E-state index >= 15 is 0 Å². The van der Waals surface area contributed by atoms with Gasteiger partial charge in [0, 0.05) is 16.7 Å². The molecule has 0 amide bonds. The minimum atomic E-state index is -4.49. The molecule has 0 bridgehead atoms. The molecule has 0 unspecified atom stereocenters. The molecule has 4 rings (SSSR count). The molecule has 0 aliphatic heterocycles. The van der Waals surface area contributed by atoms with Gasteiger partial charge in [-0.3, -0.25) is 0 Å². The first-order valence-electron chi connectivity index (χ1n) is 8.99. The largest absolute Gasteiger partial charge is 0.416 e. The summed E-state index contributed by atoms with van der Waals surface area (Å²) in [6.07, 6.45) is -4.49. The van der Waals surface area contributed by atoms with Crippen molar-refractivity contribution < 1.29 is 26.3 Å². The zero-order valence-electron chi connectivity index (χ0n) is 15.6. The number of hydrogen-bond acceptors (Lipinski definition) is 2. The van der Waals surface area contributed by atoms with Crippen LogP contribution in [-0.2, 0) is 6.18 Å². The van der Waals surface area contributed by atoms with Gasteiger partial charge in [0.2, 0.25) is 0 Å². The fourth-order valence-electron chi connectivity index (χ4n) is 2.96. The van der Waals surface area contributed by atoms with Crippen molar-refractivity contribution in [3.63, 3.8) is 0 Å². The monoisotopic (exact) mass is 430 g/mol. The number of benzene rings is 3. The van der Waals surface area contributed by atoms with E-state index in [2.05, 4.69) is 9.97 Å². The Labute approximate surface area is 172 Å². The third kappa shape index (κ3) is 4.42. The quantitative estimate of drug-likeness (QED) is 0.330. The molecule has 0 atom stereocenters. The van der Waals surface area contributed by atoms with Crippen molar-refractivity contribution >= 4 is 0 Å². The number of rotatable bonds is 3. The topological polar surface area (TPSA) is 25.8 Å². The van der Waals surface area contributed by atoms with Crippen molar-refractivity contribution in [3.8, 4) is 33.9 Å². The van der Waals surface area contributed by atoms with Gasteiger partial charge in [0.05, 0.1) is 17.0 Å². The highest BCUT2D eigenvalue weighted by Gasteiger charge is 2.30. The third-order valence-electron chi connectivity index (χ3n) is 4.55. The average Bonchev–Trinajstić information content (AvgIpc) is 2.75. The Morgan fingerprint density at radius 2 is 1.10 bits per heavy atom. The zero-order valence-corrected chi connectivity index (χ0v) is 15.6. The molecule has 0 radical (unpaired) electrons. The van der Waals surface area contributed by atoms with Gasteiger partial charge >= 0.3 is 6.18 Å². The SMILES string of the molecule is Fc1ccc(-c2cc(-c3ccc(F)c(F)c3)nc(-c3ccc(C(F)(F)F)cc3)n2)cc1. The summed E-state index contributed by atoms with van der Waals surface area (Å²) in [6, 6.07) is 14.4. The number of aromatic nitrogens is 2. The maximum absolute atomic E-state index is 13.7. The van der Waals surface area contributed by atoms with E-state index in [0.717, 1.165) is 24.3 Å². The normalized spacial score (nSPS) is 11.5. The lowest BCUT2D eigenvalue weighted by molar-refractivity contribution is -0.137. The van der Waals surface area contributed by atoms with Crippen LogP contribution in [0.3, 0.4) is 0 Å². The molecule has 3 aromatic carbocycles. The summed E-state index contributed by atoms with van der Waals surface area (Å²) < 4.78 is 79.0. The van der Waals surface area contributed by atoms with Gasteiger partial charge in [0.1, 0.15) is 5.82 Å². The van der Waals surface area contributed by atoms with Crippen LogP contribution in [0.5, 0.6) is 0 Å². The van der Waals surface area contributed by atoms with E-state index in [1.165, 1.54) is 48.5 Å². The van der Waals surface area contributed by atoms with Crippen LogP contribution in [0.15, 0.2) is 72.8 Å². The van der Waals surface area contributed by atoms with Crippen molar-refractivity contribution in [2.24, 2.45) is 0 Å². The van der Waals surface area contributed by atoms with E-state index in [9.17, 15) is 26.3 Å². The lowest BCUT2D eigenvalue weighted by atomic mass is 10.1. The molecule has 1 aromatic heterocycles. The highest BCUT2D eigenvalue weighted by molar-refractivity contribution is 5.71. The Morgan fingerprint density at radius 1 is 0.548 bits per heavy atom. The van der Waals surface area contributed by atoms with E-state index in [1.807, 2.05) is 0 Å². The Bertz CT molecular complexity index is 1230. The molecule has 1 heterocycles. The van der Waals surface area contributed by atoms with E-state index < -0.39 is 29.2 Å². The molecule has 0 N–H and O–H groups in total. The molecule has 156 valence electrons. The fourth-order valence-corrected chi connectivity index (χ4v) is 2.96. The molecule has 0 fully saturated rings. The maximum atomic E-state index is 13.7. The van der Waals surface area contributed by atoms with Gasteiger partial charge in [-0.25, -0.2) is 23.1 Å². The van der Waals surface area contributed by atoms with Crippen molar-refractivity contribution in [3.05, 3.63) is 95.8 Å². The second-order valence-electron chi connectivity index (χ2n) is 6.67. The van der Waals surface area contributed by atoms with Gasteiger partial charge in [-0.1, -0.05) is 12.1 Å². The third-order valence-corrected chi connectivity index (χ3v) is 4.55. The molecule has 0 aliphatic rings. The summed E-state index contributed by atoms with van der Waals surface area (Å²) in [6.45, 7) is 0. The van der Waals surface area contributed by atoms with Crippen molar-refractivity contribution in [1.82, 2.24) is 9.97 Å². The van der Waals surface area contributed by atoms with Gasteiger partial charge in [-0.05, 0) is 60.7 Å². The lowest BCUT2D eigenvalue weighted by Gasteiger charge is -2.11. The fraction of sp³-hybridized carbons (Fsp3) is 0.0435. The summed E-state index contributed by atoms with van der Waals surface area (Å²) in [7, 11) is 0. The number of nitrogens with zero attached hydrogens (tertiary/aromatic N) is 2. The minimum Gasteiger partial charge on any atom is -0.228 e. The van der Waals surface area contributed by atoms with Crippen molar-refractivity contribution in [2.45, 2.75) is 6.18 Å². The average molecular weight is 430 g/mol. The van der Waals surface area contributed by atoms with E-state index in [4.69, 9.17) is 0 Å². The van der Waals surface area contributed by atoms with Crippen LogP contribution in [0, 0.1) is 17.5 Å². The van der Waals surface area contributed by atoms with Gasteiger partial charge in [-0.2, -0.15) is 13.2 Å². The smallest absolute Gasteiger partial charge is 0.228 e. The van der Waals surface area contributed by atoms with Crippen LogP contribution < -0.4 is 0 Å². The molecule has 8 heteroatoms. The Kier molecular flexibility index (Phi) is 5.22. The summed E-state index contributed by atoms with van der Waals surface area (Å²) >= 11 is 0. The molecule has 31 heavy (non-hydrogen) atoms. The van der Waals surface area contributed by atoms with E-state index in [1.54, 1.807) is 0 Å². The highest BCUT2D eigenvalue weighted by atomic mass is 19.4. The second-order valence-corrected chi connectivity index (χ2v) is 6.67. The molecule has 0 spiro atoms. The van der Waals surface area contributed by atoms with Gasteiger partial charge in [0.15, 0.2) is 17.5 Å². The van der Waals surface area contributed by atoms with Gasteiger partial charge in [-0.15, -0.1) is 0 Å². The van der Waals surface area contributed by atoms with Crippen LogP contribution in [0.2, 0.25) is 0 Å². The van der Waals surface area contributed by atoms with Gasteiger partial charge < -0.3 is 0 Å². The zero-order chi connectivity index (χ0) is 22.2. The van der Waals surface area contributed by atoms with Crippen molar-refractivity contribution in [2.75, 3.05) is 0 Å². The number of hydrogen-bond donors (Lipinski definition) is 0. The Balaban J connectivity index is 1.86. The molecule has 0 aliphatic carbocycles. The summed E-state index contributed by atoms with van der Waals surface area (Å²) in [5, 5.41) is 0. The number of halogens is 6. The van der Waals surface area contributed by atoms with Crippen LogP contribution in [0.25, 0.3) is 33.9 Å². The van der Waals surface area contributed by atoms with Crippen LogP contribution in [-0.4, -0.2) is 9.97 Å². The summed E-state index contributed by atoms with van der Waals surface area (Å²) in [4.78, 5) is 8.70. The number of alkyl halides is 3. The van der Waals surface area contributed by atoms with E-state index in [0.29, 0.717) is 16.8 Å². The van der Waals surface area contributed by atoms with Crippen LogP contribution in [0.1, 0.15) is 5.56 Å². The second kappa shape index (κ2) is 7.86. The van der Waals surface area contributed by atoms with Crippen LogP contribution >= 0.6 is 0 Å². The highest BCUT2D eigenvalue weighted by Crippen LogP contribution is 2.32. The molecular weight excluding hydrogens is 418 g/mol. The predicted molar refractivity (Wildman–Crippen MR) is 103 cm³/mol. The predicted octanol–water partition coefficient (Wildman–Crippen LogP) is 6.91. The minimum absolute atomic E-state index is 0.0790. The molecule has 4 aromatic rings. The molecular formula is C23H12F6N2. The first-order valence-corrected chi connectivity index (χ1v) is 8.99. The summed E-state index contributed by atoms with van der Waals surface area (Å²) in [5.41, 5.74) is 0.791. The summed E-state index contributed by atoms with van der Waals surface area (Å²) in [5.74, 6) is -2.48. The lowest BCUT2D eigenvalue weighted by Crippen LogP contribution is -2.04. The Hall–Kier alpha value is -3.68. The molecule has 0 saturated heterocycles. The van der Waals surface area contributed by atoms with Crippen molar-refractivity contribution in [1.29, 1.82) is 0 Å². The first-order chi connectivity index (χ1) is 14.7. The van der Waals surface area contributed by atoms with Crippen LogP contribution in [0.4, 0.5) is 26.3 Å².